The molecule has 0 bridgehead atoms. The van der Waals surface area contributed by atoms with Gasteiger partial charge in [-0.25, -0.2) is 4.39 Å². The Morgan fingerprint density at radius 2 is 2.00 bits per heavy atom. The lowest BCUT2D eigenvalue weighted by Gasteiger charge is -2.01. The first kappa shape index (κ1) is 11.2. The van der Waals surface area contributed by atoms with E-state index in [1.54, 1.807) is 0 Å². The van der Waals surface area contributed by atoms with Gasteiger partial charge in [0.1, 0.15) is 5.82 Å². The zero-order valence-corrected chi connectivity index (χ0v) is 10.4. The standard InChI is InChI=1S/C10H11Br2F/c11-6-2-1-3-8-4-5-10(13)9(12)7-8/h4-5,7H,1-3,6H2. The molecule has 0 aliphatic heterocycles. The molecule has 0 atom stereocenters. The number of alkyl halides is 1. The van der Waals surface area contributed by atoms with Gasteiger partial charge in [-0.3, -0.25) is 0 Å². The van der Waals surface area contributed by atoms with Crippen LogP contribution in [-0.2, 0) is 6.42 Å². The highest BCUT2D eigenvalue weighted by molar-refractivity contribution is 9.10. The van der Waals surface area contributed by atoms with E-state index in [9.17, 15) is 4.39 Å². The van der Waals surface area contributed by atoms with Crippen molar-refractivity contribution < 1.29 is 4.39 Å². The molecule has 0 nitrogen and oxygen atoms in total. The highest BCUT2D eigenvalue weighted by Gasteiger charge is 1.99. The van der Waals surface area contributed by atoms with Gasteiger partial charge in [-0.05, 0) is 52.9 Å². The minimum atomic E-state index is -0.191. The molecule has 1 rings (SSSR count). The molecule has 0 saturated heterocycles. The summed E-state index contributed by atoms with van der Waals surface area (Å²) >= 11 is 6.55. The van der Waals surface area contributed by atoms with E-state index in [1.807, 2.05) is 12.1 Å². The van der Waals surface area contributed by atoms with Crippen molar-refractivity contribution in [1.82, 2.24) is 0 Å². The molecule has 3 heteroatoms. The summed E-state index contributed by atoms with van der Waals surface area (Å²) in [6.07, 6.45) is 3.32. The van der Waals surface area contributed by atoms with Crippen molar-refractivity contribution in [2.75, 3.05) is 5.33 Å². The topological polar surface area (TPSA) is 0 Å². The summed E-state index contributed by atoms with van der Waals surface area (Å²) in [5, 5.41) is 1.04. The molecule has 0 aliphatic rings. The van der Waals surface area contributed by atoms with Crippen LogP contribution in [0.5, 0.6) is 0 Å². The Labute approximate surface area is 94.8 Å². The summed E-state index contributed by atoms with van der Waals surface area (Å²) < 4.78 is 13.4. The lowest BCUT2D eigenvalue weighted by molar-refractivity contribution is 0.619. The number of benzene rings is 1. The quantitative estimate of drug-likeness (QED) is 0.574. The Hall–Kier alpha value is 0.110. The van der Waals surface area contributed by atoms with Gasteiger partial charge in [0.25, 0.3) is 0 Å². The molecule has 0 fully saturated rings. The van der Waals surface area contributed by atoms with E-state index in [0.717, 1.165) is 24.6 Å². The van der Waals surface area contributed by atoms with E-state index in [0.29, 0.717) is 4.47 Å². The summed E-state index contributed by atoms with van der Waals surface area (Å²) in [5.41, 5.74) is 1.19. The highest BCUT2D eigenvalue weighted by Crippen LogP contribution is 2.18. The molecule has 0 aliphatic carbocycles. The van der Waals surface area contributed by atoms with Gasteiger partial charge in [0.2, 0.25) is 0 Å². The molecule has 0 aromatic heterocycles. The fourth-order valence-corrected chi connectivity index (χ4v) is 1.94. The maximum absolute atomic E-state index is 12.8. The van der Waals surface area contributed by atoms with Crippen LogP contribution in [0.2, 0.25) is 0 Å². The molecule has 0 N–H and O–H groups in total. The average Bonchev–Trinajstić information content (AvgIpc) is 2.12. The molecule has 1 aromatic rings. The van der Waals surface area contributed by atoms with Gasteiger partial charge in [0.15, 0.2) is 0 Å². The predicted molar refractivity (Wildman–Crippen MR) is 60.8 cm³/mol. The second kappa shape index (κ2) is 5.76. The van der Waals surface area contributed by atoms with Crippen molar-refractivity contribution in [3.63, 3.8) is 0 Å². The molecule has 0 unspecified atom stereocenters. The average molecular weight is 310 g/mol. The van der Waals surface area contributed by atoms with Crippen molar-refractivity contribution in [2.45, 2.75) is 19.3 Å². The third kappa shape index (κ3) is 3.77. The Bertz CT molecular complexity index is 274. The first-order valence-electron chi connectivity index (χ1n) is 4.24. The molecule has 72 valence electrons. The van der Waals surface area contributed by atoms with Crippen LogP contribution >= 0.6 is 31.9 Å². The van der Waals surface area contributed by atoms with Gasteiger partial charge in [0.05, 0.1) is 4.47 Å². The normalized spacial score (nSPS) is 10.4. The zero-order valence-electron chi connectivity index (χ0n) is 7.19. The summed E-state index contributed by atoms with van der Waals surface area (Å²) in [4.78, 5) is 0. The van der Waals surface area contributed by atoms with Crippen molar-refractivity contribution >= 4 is 31.9 Å². The molecule has 0 amide bonds. The van der Waals surface area contributed by atoms with Gasteiger partial charge >= 0.3 is 0 Å². The summed E-state index contributed by atoms with van der Waals surface area (Å²) in [7, 11) is 0. The molecule has 0 saturated carbocycles. The van der Waals surface area contributed by atoms with E-state index in [1.165, 1.54) is 11.6 Å². The third-order valence-electron chi connectivity index (χ3n) is 1.83. The molecule has 13 heavy (non-hydrogen) atoms. The Morgan fingerprint density at radius 1 is 1.23 bits per heavy atom. The first-order valence-corrected chi connectivity index (χ1v) is 6.15. The lowest BCUT2D eigenvalue weighted by Crippen LogP contribution is -1.87. The second-order valence-corrected chi connectivity index (χ2v) is 4.54. The van der Waals surface area contributed by atoms with Gasteiger partial charge < -0.3 is 0 Å². The Kier molecular flexibility index (Phi) is 4.96. The molecule has 1 aromatic carbocycles. The van der Waals surface area contributed by atoms with Crippen LogP contribution in [0.25, 0.3) is 0 Å². The van der Waals surface area contributed by atoms with Crippen molar-refractivity contribution in [3.8, 4) is 0 Å². The number of aryl methyl sites for hydroxylation is 1. The lowest BCUT2D eigenvalue weighted by atomic mass is 10.1. The maximum Gasteiger partial charge on any atom is 0.137 e. The molecule has 0 spiro atoms. The van der Waals surface area contributed by atoms with Crippen LogP contribution in [0, 0.1) is 5.82 Å². The first-order chi connectivity index (χ1) is 6.24. The maximum atomic E-state index is 12.8. The van der Waals surface area contributed by atoms with Crippen molar-refractivity contribution in [1.29, 1.82) is 0 Å². The van der Waals surface area contributed by atoms with E-state index in [2.05, 4.69) is 31.9 Å². The second-order valence-electron chi connectivity index (χ2n) is 2.89. The smallest absolute Gasteiger partial charge is 0.137 e. The van der Waals surface area contributed by atoms with Gasteiger partial charge in [-0.2, -0.15) is 0 Å². The largest absolute Gasteiger partial charge is 0.206 e. The van der Waals surface area contributed by atoms with E-state index in [-0.39, 0.29) is 5.82 Å². The number of unbranched alkanes of at least 4 members (excludes halogenated alkanes) is 1. The minimum Gasteiger partial charge on any atom is -0.206 e. The molecular weight excluding hydrogens is 299 g/mol. The SMILES string of the molecule is Fc1ccc(CCCCBr)cc1Br. The van der Waals surface area contributed by atoms with Crippen LogP contribution in [-0.4, -0.2) is 5.33 Å². The van der Waals surface area contributed by atoms with Gasteiger partial charge in [0, 0.05) is 5.33 Å². The van der Waals surface area contributed by atoms with Crippen LogP contribution in [0.1, 0.15) is 18.4 Å². The summed E-state index contributed by atoms with van der Waals surface area (Å²) in [6.45, 7) is 0. The zero-order chi connectivity index (χ0) is 9.68. The number of hydrogen-bond acceptors (Lipinski definition) is 0. The summed E-state index contributed by atoms with van der Waals surface area (Å²) in [6, 6.07) is 5.20. The third-order valence-corrected chi connectivity index (χ3v) is 3.00. The van der Waals surface area contributed by atoms with Crippen LogP contribution in [0.3, 0.4) is 0 Å². The molecule has 0 heterocycles. The number of hydrogen-bond donors (Lipinski definition) is 0. The van der Waals surface area contributed by atoms with E-state index in [4.69, 9.17) is 0 Å². The van der Waals surface area contributed by atoms with Crippen LogP contribution in [0.4, 0.5) is 4.39 Å². The van der Waals surface area contributed by atoms with E-state index >= 15 is 0 Å². The summed E-state index contributed by atoms with van der Waals surface area (Å²) in [5.74, 6) is -0.191. The fourth-order valence-electron chi connectivity index (χ4n) is 1.12. The Morgan fingerprint density at radius 3 is 2.62 bits per heavy atom. The molecular formula is C10H11Br2F. The molecule has 0 radical (unpaired) electrons. The predicted octanol–water partition coefficient (Wildman–Crippen LogP) is 4.31. The van der Waals surface area contributed by atoms with Crippen molar-refractivity contribution in [2.24, 2.45) is 0 Å². The monoisotopic (exact) mass is 308 g/mol. The van der Waals surface area contributed by atoms with Crippen LogP contribution < -0.4 is 0 Å². The Balaban J connectivity index is 2.53. The van der Waals surface area contributed by atoms with Crippen molar-refractivity contribution in [3.05, 3.63) is 34.1 Å². The fraction of sp³-hybridized carbons (Fsp3) is 0.400. The van der Waals surface area contributed by atoms with E-state index < -0.39 is 0 Å². The van der Waals surface area contributed by atoms with Crippen LogP contribution in [0.15, 0.2) is 22.7 Å². The highest BCUT2D eigenvalue weighted by atomic mass is 79.9. The minimum absolute atomic E-state index is 0.191. The number of rotatable bonds is 4. The van der Waals surface area contributed by atoms with Gasteiger partial charge in [-0.1, -0.05) is 22.0 Å². The van der Waals surface area contributed by atoms with Gasteiger partial charge in [-0.15, -0.1) is 0 Å². The number of halogens is 3.